The molecule has 0 aliphatic heterocycles. The normalized spacial score (nSPS) is 12.0. The van der Waals surface area contributed by atoms with Gasteiger partial charge in [0.1, 0.15) is 17.1 Å². The van der Waals surface area contributed by atoms with Crippen molar-refractivity contribution < 1.29 is 37.3 Å². The number of amides is 1. The quantitative estimate of drug-likeness (QED) is 0.435. The van der Waals surface area contributed by atoms with Crippen molar-refractivity contribution in [2.45, 2.75) is 45.5 Å². The number of rotatable bonds is 9. The predicted molar refractivity (Wildman–Crippen MR) is 120 cm³/mol. The second-order valence-corrected chi connectivity index (χ2v) is 8.32. The van der Waals surface area contributed by atoms with E-state index < -0.39 is 41.6 Å². The van der Waals surface area contributed by atoms with Crippen molar-refractivity contribution in [2.75, 3.05) is 18.5 Å². The number of carbonyl (C=O) groups is 2. The zero-order valence-corrected chi connectivity index (χ0v) is 19.3. The first kappa shape index (κ1) is 25.9. The summed E-state index contributed by atoms with van der Waals surface area (Å²) in [5.41, 5.74) is -1.96. The fraction of sp³-hybridized carbons (Fsp3) is 0.391. The molecule has 12 heteroatoms. The van der Waals surface area contributed by atoms with Crippen LogP contribution in [-0.2, 0) is 22.3 Å². The first-order chi connectivity index (χ1) is 16.4. The summed E-state index contributed by atoms with van der Waals surface area (Å²) in [4.78, 5) is 27.8. The minimum absolute atomic E-state index is 0.0682. The van der Waals surface area contributed by atoms with Gasteiger partial charge in [-0.25, -0.2) is 9.78 Å². The number of fused-ring (bicyclic) bond motifs is 1. The van der Waals surface area contributed by atoms with E-state index in [2.05, 4.69) is 15.4 Å². The minimum Gasteiger partial charge on any atom is -0.480 e. The molecule has 2 aromatic heterocycles. The van der Waals surface area contributed by atoms with Crippen LogP contribution < -0.4 is 10.1 Å². The summed E-state index contributed by atoms with van der Waals surface area (Å²) >= 11 is 0. The molecular weight excluding hydrogens is 469 g/mol. The van der Waals surface area contributed by atoms with Crippen molar-refractivity contribution in [3.63, 3.8) is 0 Å². The van der Waals surface area contributed by atoms with Crippen LogP contribution >= 0.6 is 0 Å². The lowest BCUT2D eigenvalue weighted by atomic mass is 10.1. The van der Waals surface area contributed by atoms with Crippen molar-refractivity contribution in [1.29, 1.82) is 0 Å². The molecule has 0 fully saturated rings. The third-order valence-electron chi connectivity index (χ3n) is 4.78. The van der Waals surface area contributed by atoms with Crippen LogP contribution in [0.25, 0.3) is 10.9 Å². The SMILES string of the molecule is CCOC(=O)COc1cc2nn(CCC(C)(C)O)cc2cc1NC(=O)c1cccc(C(F)(F)F)n1. The van der Waals surface area contributed by atoms with E-state index in [1.54, 1.807) is 31.6 Å². The molecule has 0 unspecified atom stereocenters. The van der Waals surface area contributed by atoms with Gasteiger partial charge in [0.25, 0.3) is 5.91 Å². The number of ether oxygens (including phenoxy) is 2. The number of benzene rings is 1. The van der Waals surface area contributed by atoms with Gasteiger partial charge < -0.3 is 19.9 Å². The Morgan fingerprint density at radius 1 is 1.20 bits per heavy atom. The second-order valence-electron chi connectivity index (χ2n) is 8.32. The van der Waals surface area contributed by atoms with Gasteiger partial charge in [0.2, 0.25) is 0 Å². The Bertz CT molecular complexity index is 1220. The highest BCUT2D eigenvalue weighted by atomic mass is 19.4. The number of esters is 1. The molecule has 35 heavy (non-hydrogen) atoms. The van der Waals surface area contributed by atoms with Crippen molar-refractivity contribution in [3.05, 3.63) is 47.9 Å². The average molecular weight is 494 g/mol. The lowest BCUT2D eigenvalue weighted by Gasteiger charge is -2.16. The van der Waals surface area contributed by atoms with E-state index in [9.17, 15) is 27.9 Å². The third kappa shape index (κ3) is 7.15. The largest absolute Gasteiger partial charge is 0.480 e. The average Bonchev–Trinajstić information content (AvgIpc) is 3.17. The lowest BCUT2D eigenvalue weighted by Crippen LogP contribution is -2.21. The van der Waals surface area contributed by atoms with Crippen LogP contribution in [0, 0.1) is 0 Å². The van der Waals surface area contributed by atoms with Crippen LogP contribution in [0.2, 0.25) is 0 Å². The number of aromatic nitrogens is 3. The van der Waals surface area contributed by atoms with E-state index in [-0.39, 0.29) is 18.0 Å². The summed E-state index contributed by atoms with van der Waals surface area (Å²) in [5, 5.41) is 17.5. The van der Waals surface area contributed by atoms with Crippen LogP contribution in [0.15, 0.2) is 36.5 Å². The van der Waals surface area contributed by atoms with E-state index in [0.717, 1.165) is 18.2 Å². The van der Waals surface area contributed by atoms with Crippen molar-refractivity contribution in [2.24, 2.45) is 0 Å². The highest BCUT2D eigenvalue weighted by Crippen LogP contribution is 2.31. The third-order valence-corrected chi connectivity index (χ3v) is 4.78. The summed E-state index contributed by atoms with van der Waals surface area (Å²) in [5.74, 6) is -1.47. The van der Waals surface area contributed by atoms with Gasteiger partial charge >= 0.3 is 12.1 Å². The molecule has 0 aliphatic carbocycles. The van der Waals surface area contributed by atoms with Gasteiger partial charge in [0, 0.05) is 24.2 Å². The van der Waals surface area contributed by atoms with E-state index >= 15 is 0 Å². The van der Waals surface area contributed by atoms with E-state index in [4.69, 9.17) is 9.47 Å². The van der Waals surface area contributed by atoms with E-state index in [1.165, 1.54) is 12.1 Å². The number of nitrogens with zero attached hydrogens (tertiary/aromatic N) is 3. The van der Waals surface area contributed by atoms with Crippen LogP contribution in [0.3, 0.4) is 0 Å². The van der Waals surface area contributed by atoms with E-state index in [1.807, 2.05) is 0 Å². The fourth-order valence-corrected chi connectivity index (χ4v) is 3.07. The number of hydrogen-bond acceptors (Lipinski definition) is 7. The molecule has 0 atom stereocenters. The Kier molecular flexibility index (Phi) is 7.64. The number of anilines is 1. The zero-order valence-electron chi connectivity index (χ0n) is 19.3. The molecular formula is C23H25F3N4O5. The predicted octanol–water partition coefficient (Wildman–Crippen LogP) is 3.81. The van der Waals surface area contributed by atoms with Gasteiger partial charge in [-0.2, -0.15) is 18.3 Å². The molecule has 0 saturated heterocycles. The standard InChI is InChI=1S/C23H25F3N4O5/c1-4-34-20(31)13-35-18-11-16-14(12-30(29-16)9-8-22(2,3)33)10-17(18)28-21(32)15-6-5-7-19(27-15)23(24,25)26/h5-7,10-12,33H,4,8-9,13H2,1-3H3,(H,28,32). The summed E-state index contributed by atoms with van der Waals surface area (Å²) in [6, 6.07) is 6.01. The minimum atomic E-state index is -4.71. The monoisotopic (exact) mass is 494 g/mol. The molecule has 0 saturated carbocycles. The number of hydrogen-bond donors (Lipinski definition) is 2. The van der Waals surface area contributed by atoms with Crippen molar-refractivity contribution in [1.82, 2.24) is 14.8 Å². The van der Waals surface area contributed by atoms with Crippen molar-refractivity contribution in [3.8, 4) is 5.75 Å². The topological polar surface area (TPSA) is 116 Å². The highest BCUT2D eigenvalue weighted by Gasteiger charge is 2.33. The van der Waals surface area contributed by atoms with Crippen LogP contribution in [0.4, 0.5) is 18.9 Å². The van der Waals surface area contributed by atoms with Gasteiger partial charge in [-0.15, -0.1) is 0 Å². The van der Waals surface area contributed by atoms with Gasteiger partial charge in [-0.05, 0) is 45.4 Å². The number of halogens is 3. The molecule has 9 nitrogen and oxygen atoms in total. The Labute approximate surface area is 198 Å². The maximum Gasteiger partial charge on any atom is 0.433 e. The Morgan fingerprint density at radius 3 is 2.60 bits per heavy atom. The molecule has 1 aromatic carbocycles. The smallest absolute Gasteiger partial charge is 0.433 e. The zero-order chi connectivity index (χ0) is 25.8. The number of aryl methyl sites for hydroxylation is 1. The van der Waals surface area contributed by atoms with E-state index in [0.29, 0.717) is 23.9 Å². The van der Waals surface area contributed by atoms with Gasteiger partial charge in [0.15, 0.2) is 6.61 Å². The first-order valence-electron chi connectivity index (χ1n) is 10.7. The maximum absolute atomic E-state index is 13.0. The molecule has 0 spiro atoms. The molecule has 2 heterocycles. The van der Waals surface area contributed by atoms with Crippen molar-refractivity contribution >= 4 is 28.5 Å². The van der Waals surface area contributed by atoms with Crippen LogP contribution in [0.1, 0.15) is 43.4 Å². The summed E-state index contributed by atoms with van der Waals surface area (Å²) in [6.45, 7) is 5.09. The Balaban J connectivity index is 1.92. The van der Waals surface area contributed by atoms with Gasteiger partial charge in [-0.3, -0.25) is 9.48 Å². The second kappa shape index (κ2) is 10.3. The number of pyridine rings is 1. The van der Waals surface area contributed by atoms with Crippen LogP contribution in [0.5, 0.6) is 5.75 Å². The van der Waals surface area contributed by atoms with Crippen LogP contribution in [-0.4, -0.2) is 50.6 Å². The summed E-state index contributed by atoms with van der Waals surface area (Å²) in [7, 11) is 0. The molecule has 188 valence electrons. The fourth-order valence-electron chi connectivity index (χ4n) is 3.07. The number of carbonyl (C=O) groups excluding carboxylic acids is 2. The molecule has 0 bridgehead atoms. The molecule has 3 rings (SSSR count). The van der Waals surface area contributed by atoms with Gasteiger partial charge in [0.05, 0.1) is 23.4 Å². The highest BCUT2D eigenvalue weighted by molar-refractivity contribution is 6.05. The number of alkyl halides is 3. The maximum atomic E-state index is 13.0. The molecule has 0 radical (unpaired) electrons. The molecule has 1 amide bonds. The van der Waals surface area contributed by atoms with Gasteiger partial charge in [-0.1, -0.05) is 6.07 Å². The Morgan fingerprint density at radius 2 is 1.94 bits per heavy atom. The summed E-state index contributed by atoms with van der Waals surface area (Å²) < 4.78 is 50.9. The Hall–Kier alpha value is -3.67. The summed E-state index contributed by atoms with van der Waals surface area (Å²) in [6.07, 6.45) is -2.59. The lowest BCUT2D eigenvalue weighted by molar-refractivity contribution is -0.145. The number of nitrogens with one attached hydrogen (secondary N) is 1. The molecule has 0 aliphatic rings. The molecule has 2 N–H and O–H groups in total. The first-order valence-corrected chi connectivity index (χ1v) is 10.7. The number of aliphatic hydroxyl groups is 1. The molecule has 3 aromatic rings.